The smallest absolute Gasteiger partial charge is 0.243 e. The zero-order valence-electron chi connectivity index (χ0n) is 10.7. The van der Waals surface area contributed by atoms with Crippen molar-refractivity contribution < 1.29 is 18.3 Å². The van der Waals surface area contributed by atoms with E-state index in [9.17, 15) is 8.42 Å². The van der Waals surface area contributed by atoms with E-state index < -0.39 is 10.0 Å². The average molecular weight is 289 g/mol. The molecular weight excluding hydrogens is 270 g/mol. The summed E-state index contributed by atoms with van der Waals surface area (Å²) in [5.41, 5.74) is 0. The molecule has 0 unspecified atom stereocenters. The minimum atomic E-state index is -3.52. The number of nitrogens with zero attached hydrogens (tertiary/aromatic N) is 2. The van der Waals surface area contributed by atoms with Crippen LogP contribution in [0.3, 0.4) is 0 Å². The second kappa shape index (κ2) is 6.47. The number of aliphatic hydroxyl groups excluding tert-OH is 1. The van der Waals surface area contributed by atoms with Crippen LogP contribution in [0.4, 0.5) is 0 Å². The zero-order valence-corrected chi connectivity index (χ0v) is 11.5. The Bertz CT molecular complexity index is 494. The molecule has 0 amide bonds. The summed E-state index contributed by atoms with van der Waals surface area (Å²) in [4.78, 5) is 0.164. The third-order valence-corrected chi connectivity index (χ3v) is 4.48. The van der Waals surface area contributed by atoms with Gasteiger partial charge < -0.3 is 9.84 Å². The van der Waals surface area contributed by atoms with E-state index in [-0.39, 0.29) is 17.5 Å². The van der Waals surface area contributed by atoms with E-state index in [1.807, 2.05) is 0 Å². The molecule has 2 N–H and O–H groups in total. The number of aryl methyl sites for hydroxylation is 1. The molecule has 7 nitrogen and oxygen atoms in total. The van der Waals surface area contributed by atoms with E-state index in [0.717, 1.165) is 0 Å². The fraction of sp³-hybridized carbons (Fsp3) is 0.727. The van der Waals surface area contributed by atoms with Gasteiger partial charge in [-0.25, -0.2) is 13.1 Å². The van der Waals surface area contributed by atoms with Gasteiger partial charge in [0, 0.05) is 38.6 Å². The van der Waals surface area contributed by atoms with E-state index in [1.165, 1.54) is 17.1 Å². The molecule has 1 saturated heterocycles. The molecule has 0 aromatic carbocycles. The highest BCUT2D eigenvalue weighted by molar-refractivity contribution is 7.89. The van der Waals surface area contributed by atoms with Crippen molar-refractivity contribution in [3.05, 3.63) is 12.4 Å². The molecule has 0 saturated carbocycles. The van der Waals surface area contributed by atoms with Crippen LogP contribution in [0.25, 0.3) is 0 Å². The van der Waals surface area contributed by atoms with Gasteiger partial charge in [-0.2, -0.15) is 5.10 Å². The lowest BCUT2D eigenvalue weighted by molar-refractivity contribution is 0.0832. The Morgan fingerprint density at radius 1 is 1.47 bits per heavy atom. The molecule has 1 fully saturated rings. The predicted octanol–water partition coefficient (Wildman–Crippen LogP) is -0.277. The zero-order chi connectivity index (χ0) is 13.7. The van der Waals surface area contributed by atoms with Crippen molar-refractivity contribution in [3.63, 3.8) is 0 Å². The lowest BCUT2D eigenvalue weighted by atomic mass is 10.1. The summed E-state index contributed by atoms with van der Waals surface area (Å²) in [6, 6.07) is -0.0699. The third kappa shape index (κ3) is 4.00. The van der Waals surface area contributed by atoms with Gasteiger partial charge in [-0.05, 0) is 19.3 Å². The first-order valence-corrected chi connectivity index (χ1v) is 7.83. The fourth-order valence-corrected chi connectivity index (χ4v) is 3.20. The van der Waals surface area contributed by atoms with Gasteiger partial charge in [0.2, 0.25) is 10.0 Å². The van der Waals surface area contributed by atoms with Gasteiger partial charge in [-0.15, -0.1) is 0 Å². The highest BCUT2D eigenvalue weighted by Crippen LogP contribution is 2.13. The lowest BCUT2D eigenvalue weighted by Gasteiger charge is -2.22. The molecule has 0 spiro atoms. The number of hydrogen-bond acceptors (Lipinski definition) is 5. The standard InChI is InChI=1S/C11H19N3O4S/c15-5-1-4-14-9-11(8-12-14)19(16,17)13-10-2-6-18-7-3-10/h8-10,13,15H,1-7H2. The van der Waals surface area contributed by atoms with Crippen molar-refractivity contribution in [1.29, 1.82) is 0 Å². The van der Waals surface area contributed by atoms with Gasteiger partial charge in [-0.1, -0.05) is 0 Å². The maximum Gasteiger partial charge on any atom is 0.243 e. The van der Waals surface area contributed by atoms with Gasteiger partial charge in [-0.3, -0.25) is 4.68 Å². The van der Waals surface area contributed by atoms with Crippen LogP contribution in [-0.2, 0) is 21.3 Å². The molecule has 0 radical (unpaired) electrons. The fourth-order valence-electron chi connectivity index (χ4n) is 1.94. The predicted molar refractivity (Wildman–Crippen MR) is 68.1 cm³/mol. The van der Waals surface area contributed by atoms with Crippen molar-refractivity contribution >= 4 is 10.0 Å². The molecule has 2 heterocycles. The van der Waals surface area contributed by atoms with Crippen molar-refractivity contribution in [2.75, 3.05) is 19.8 Å². The van der Waals surface area contributed by atoms with Crippen LogP contribution in [0.5, 0.6) is 0 Å². The van der Waals surface area contributed by atoms with Crippen molar-refractivity contribution in [1.82, 2.24) is 14.5 Å². The number of aliphatic hydroxyl groups is 1. The van der Waals surface area contributed by atoms with E-state index in [2.05, 4.69) is 9.82 Å². The number of rotatable bonds is 6. The number of hydrogen-bond donors (Lipinski definition) is 2. The summed E-state index contributed by atoms with van der Waals surface area (Å²) in [6.07, 6.45) is 4.75. The normalized spacial score (nSPS) is 17.7. The molecule has 19 heavy (non-hydrogen) atoms. The van der Waals surface area contributed by atoms with E-state index >= 15 is 0 Å². The Balaban J connectivity index is 1.99. The first-order chi connectivity index (χ1) is 9.12. The highest BCUT2D eigenvalue weighted by Gasteiger charge is 2.23. The molecule has 1 aromatic rings. The summed E-state index contributed by atoms with van der Waals surface area (Å²) < 4.78 is 33.7. The van der Waals surface area contributed by atoms with E-state index in [0.29, 0.717) is 39.0 Å². The van der Waals surface area contributed by atoms with Gasteiger partial charge in [0.15, 0.2) is 0 Å². The molecule has 1 aliphatic heterocycles. The minimum absolute atomic E-state index is 0.0578. The van der Waals surface area contributed by atoms with Crippen molar-refractivity contribution in [2.45, 2.75) is 36.7 Å². The summed E-state index contributed by atoms with van der Waals surface area (Å²) in [5.74, 6) is 0. The Hall–Kier alpha value is -0.960. The van der Waals surface area contributed by atoms with Crippen molar-refractivity contribution in [2.24, 2.45) is 0 Å². The van der Waals surface area contributed by atoms with E-state index in [4.69, 9.17) is 9.84 Å². The monoisotopic (exact) mass is 289 g/mol. The average Bonchev–Trinajstić information content (AvgIpc) is 2.86. The third-order valence-electron chi connectivity index (χ3n) is 3.01. The molecule has 0 aliphatic carbocycles. The lowest BCUT2D eigenvalue weighted by Crippen LogP contribution is -2.38. The van der Waals surface area contributed by atoms with Crippen LogP contribution >= 0.6 is 0 Å². The maximum absolute atomic E-state index is 12.1. The highest BCUT2D eigenvalue weighted by atomic mass is 32.2. The number of nitrogens with one attached hydrogen (secondary N) is 1. The SMILES string of the molecule is O=S(=O)(NC1CCOCC1)c1cnn(CCCO)c1. The van der Waals surface area contributed by atoms with E-state index in [1.54, 1.807) is 0 Å². The molecule has 1 aromatic heterocycles. The molecule has 0 atom stereocenters. The molecular formula is C11H19N3O4S. The van der Waals surface area contributed by atoms with Crippen LogP contribution in [0.15, 0.2) is 17.3 Å². The first kappa shape index (κ1) is 14.4. The Kier molecular flexibility index (Phi) is 4.92. The Labute approximate surface area is 112 Å². The quantitative estimate of drug-likeness (QED) is 0.751. The Morgan fingerprint density at radius 3 is 2.89 bits per heavy atom. The largest absolute Gasteiger partial charge is 0.396 e. The first-order valence-electron chi connectivity index (χ1n) is 6.35. The van der Waals surface area contributed by atoms with Crippen LogP contribution in [-0.4, -0.2) is 49.2 Å². The second-order valence-electron chi connectivity index (χ2n) is 4.52. The van der Waals surface area contributed by atoms with Gasteiger partial charge in [0.1, 0.15) is 4.90 Å². The van der Waals surface area contributed by atoms with Crippen LogP contribution in [0.1, 0.15) is 19.3 Å². The van der Waals surface area contributed by atoms with Gasteiger partial charge in [0.05, 0.1) is 6.20 Å². The molecule has 1 aliphatic rings. The molecule has 2 rings (SSSR count). The van der Waals surface area contributed by atoms with Gasteiger partial charge in [0.25, 0.3) is 0 Å². The van der Waals surface area contributed by atoms with Gasteiger partial charge >= 0.3 is 0 Å². The number of ether oxygens (including phenoxy) is 1. The maximum atomic E-state index is 12.1. The number of aromatic nitrogens is 2. The van der Waals surface area contributed by atoms with Crippen LogP contribution < -0.4 is 4.72 Å². The molecule has 0 bridgehead atoms. The van der Waals surface area contributed by atoms with Crippen LogP contribution in [0.2, 0.25) is 0 Å². The number of sulfonamides is 1. The van der Waals surface area contributed by atoms with Crippen molar-refractivity contribution in [3.8, 4) is 0 Å². The van der Waals surface area contributed by atoms with Crippen LogP contribution in [0, 0.1) is 0 Å². The molecule has 8 heteroatoms. The topological polar surface area (TPSA) is 93.5 Å². The second-order valence-corrected chi connectivity index (χ2v) is 6.24. The molecule has 108 valence electrons. The summed E-state index contributed by atoms with van der Waals surface area (Å²) >= 11 is 0. The summed E-state index contributed by atoms with van der Waals surface area (Å²) in [5, 5.41) is 12.7. The summed E-state index contributed by atoms with van der Waals surface area (Å²) in [7, 11) is -3.52. The Morgan fingerprint density at radius 2 is 2.21 bits per heavy atom. The summed E-state index contributed by atoms with van der Waals surface area (Å²) in [6.45, 7) is 1.73. The minimum Gasteiger partial charge on any atom is -0.396 e.